The monoisotopic (exact) mass is 351 g/mol. The number of carbonyl (C=O) groups excluding carboxylic acids is 3. The molecule has 0 spiro atoms. The van der Waals surface area contributed by atoms with Crippen molar-refractivity contribution in [2.75, 3.05) is 29.9 Å². The van der Waals surface area contributed by atoms with Gasteiger partial charge in [-0.25, -0.2) is 0 Å². The van der Waals surface area contributed by atoms with E-state index in [1.54, 1.807) is 12.1 Å². The summed E-state index contributed by atoms with van der Waals surface area (Å²) in [6.45, 7) is 4.51. The van der Waals surface area contributed by atoms with Gasteiger partial charge in [0, 0.05) is 24.5 Å². The van der Waals surface area contributed by atoms with Crippen molar-refractivity contribution in [3.8, 4) is 0 Å². The normalized spacial score (nSPS) is 14.5. The van der Waals surface area contributed by atoms with Crippen molar-refractivity contribution in [2.45, 2.75) is 13.8 Å². The van der Waals surface area contributed by atoms with Crippen LogP contribution in [-0.4, -0.2) is 42.3 Å². The highest BCUT2D eigenvalue weighted by Crippen LogP contribution is 2.21. The summed E-state index contributed by atoms with van der Waals surface area (Å²) in [5.41, 5.74) is 3.56. The van der Waals surface area contributed by atoms with E-state index in [4.69, 9.17) is 0 Å². The Labute approximate surface area is 152 Å². The smallest absolute Gasteiger partial charge is 0.316 e. The highest BCUT2D eigenvalue weighted by Gasteiger charge is 2.34. The fourth-order valence-corrected chi connectivity index (χ4v) is 2.86. The van der Waals surface area contributed by atoms with Gasteiger partial charge in [-0.3, -0.25) is 14.4 Å². The summed E-state index contributed by atoms with van der Waals surface area (Å²) in [6.07, 6.45) is 0. The van der Waals surface area contributed by atoms with E-state index in [2.05, 4.69) is 5.32 Å². The predicted octanol–water partition coefficient (Wildman–Crippen LogP) is 2.12. The van der Waals surface area contributed by atoms with Crippen molar-refractivity contribution in [3.05, 3.63) is 59.7 Å². The highest BCUT2D eigenvalue weighted by atomic mass is 16.2. The molecule has 134 valence electrons. The summed E-state index contributed by atoms with van der Waals surface area (Å²) >= 11 is 0. The summed E-state index contributed by atoms with van der Waals surface area (Å²) in [7, 11) is 0. The Kier molecular flexibility index (Phi) is 5.02. The molecule has 0 aliphatic carbocycles. The van der Waals surface area contributed by atoms with Crippen LogP contribution in [0.15, 0.2) is 48.5 Å². The minimum atomic E-state index is -0.655. The van der Waals surface area contributed by atoms with Gasteiger partial charge in [-0.05, 0) is 49.2 Å². The topological polar surface area (TPSA) is 69.7 Å². The van der Waals surface area contributed by atoms with E-state index in [0.29, 0.717) is 24.5 Å². The fourth-order valence-electron chi connectivity index (χ4n) is 2.86. The first-order valence-corrected chi connectivity index (χ1v) is 8.48. The van der Waals surface area contributed by atoms with E-state index >= 15 is 0 Å². The minimum absolute atomic E-state index is 0.139. The fraction of sp³-hybridized carbons (Fsp3) is 0.250. The summed E-state index contributed by atoms with van der Waals surface area (Å²) in [4.78, 5) is 39.8. The number of benzene rings is 2. The van der Waals surface area contributed by atoms with Crippen molar-refractivity contribution in [2.24, 2.45) is 0 Å². The number of rotatable bonds is 4. The molecule has 3 rings (SSSR count). The second-order valence-electron chi connectivity index (χ2n) is 6.37. The molecule has 2 aromatic carbocycles. The van der Waals surface area contributed by atoms with E-state index in [9.17, 15) is 14.4 Å². The van der Waals surface area contributed by atoms with Crippen LogP contribution in [0.25, 0.3) is 0 Å². The van der Waals surface area contributed by atoms with Crippen LogP contribution in [0.3, 0.4) is 0 Å². The van der Waals surface area contributed by atoms with E-state index in [0.717, 1.165) is 11.1 Å². The first-order valence-electron chi connectivity index (χ1n) is 8.48. The van der Waals surface area contributed by atoms with Gasteiger partial charge in [0.2, 0.25) is 5.91 Å². The van der Waals surface area contributed by atoms with E-state index < -0.39 is 11.8 Å². The molecule has 1 aliphatic rings. The maximum Gasteiger partial charge on any atom is 0.316 e. The van der Waals surface area contributed by atoms with Crippen molar-refractivity contribution in [1.29, 1.82) is 0 Å². The number of para-hydroxylation sites is 1. The van der Waals surface area contributed by atoms with Crippen molar-refractivity contribution in [3.63, 3.8) is 0 Å². The maximum atomic E-state index is 12.5. The van der Waals surface area contributed by atoms with Crippen LogP contribution in [0, 0.1) is 13.8 Å². The molecule has 6 heteroatoms. The lowest BCUT2D eigenvalue weighted by Gasteiger charge is -2.33. The summed E-state index contributed by atoms with van der Waals surface area (Å²) in [5, 5.41) is 2.72. The van der Waals surface area contributed by atoms with Crippen molar-refractivity contribution < 1.29 is 14.4 Å². The average molecular weight is 351 g/mol. The number of hydrogen-bond donors (Lipinski definition) is 1. The van der Waals surface area contributed by atoms with Gasteiger partial charge in [0.15, 0.2) is 0 Å². The third kappa shape index (κ3) is 3.74. The van der Waals surface area contributed by atoms with Crippen LogP contribution in [0.1, 0.15) is 11.1 Å². The molecule has 0 bridgehead atoms. The zero-order chi connectivity index (χ0) is 18.7. The maximum absolute atomic E-state index is 12.5. The van der Waals surface area contributed by atoms with Gasteiger partial charge in [0.05, 0.1) is 0 Å². The lowest BCUT2D eigenvalue weighted by atomic mass is 10.1. The van der Waals surface area contributed by atoms with Gasteiger partial charge in [0.1, 0.15) is 6.54 Å². The van der Waals surface area contributed by atoms with Gasteiger partial charge in [-0.2, -0.15) is 0 Å². The molecule has 0 atom stereocenters. The molecule has 0 unspecified atom stereocenters. The van der Waals surface area contributed by atoms with Crippen LogP contribution in [-0.2, 0) is 14.4 Å². The number of amides is 3. The van der Waals surface area contributed by atoms with E-state index in [-0.39, 0.29) is 12.5 Å². The molecule has 0 saturated carbocycles. The van der Waals surface area contributed by atoms with Gasteiger partial charge < -0.3 is 15.1 Å². The van der Waals surface area contributed by atoms with Crippen molar-refractivity contribution >= 4 is 29.1 Å². The van der Waals surface area contributed by atoms with Crippen LogP contribution >= 0.6 is 0 Å². The van der Waals surface area contributed by atoms with E-state index in [1.807, 2.05) is 50.2 Å². The third-order valence-corrected chi connectivity index (χ3v) is 4.50. The average Bonchev–Trinajstić information content (AvgIpc) is 2.62. The molecule has 1 fully saturated rings. The molecular formula is C20H21N3O3. The standard InChI is InChI=1S/C20H21N3O3/c1-14-8-9-17(12-15(14)2)23-11-10-22(19(25)20(23)26)13-18(24)21-16-6-4-3-5-7-16/h3-9,12H,10-11,13H2,1-2H3,(H,21,24). The molecular weight excluding hydrogens is 330 g/mol. The Hall–Kier alpha value is -3.15. The van der Waals surface area contributed by atoms with Gasteiger partial charge >= 0.3 is 11.8 Å². The first kappa shape index (κ1) is 17.7. The molecule has 0 aromatic heterocycles. The third-order valence-electron chi connectivity index (χ3n) is 4.50. The number of piperazine rings is 1. The SMILES string of the molecule is Cc1ccc(N2CCN(CC(=O)Nc3ccccc3)C(=O)C2=O)cc1C. The Bertz CT molecular complexity index is 849. The molecule has 3 amide bonds. The second kappa shape index (κ2) is 7.39. The summed E-state index contributed by atoms with van der Waals surface area (Å²) in [6, 6.07) is 14.7. The lowest BCUT2D eigenvalue weighted by Crippen LogP contribution is -2.56. The van der Waals surface area contributed by atoms with Gasteiger partial charge in [0.25, 0.3) is 0 Å². The number of nitrogens with zero attached hydrogens (tertiary/aromatic N) is 2. The van der Waals surface area contributed by atoms with Gasteiger partial charge in [-0.15, -0.1) is 0 Å². The second-order valence-corrected chi connectivity index (χ2v) is 6.37. The first-order chi connectivity index (χ1) is 12.5. The molecule has 1 N–H and O–H groups in total. The molecule has 1 heterocycles. The van der Waals surface area contributed by atoms with E-state index in [1.165, 1.54) is 9.80 Å². The number of anilines is 2. The number of hydrogen-bond acceptors (Lipinski definition) is 3. The quantitative estimate of drug-likeness (QED) is 0.858. The summed E-state index contributed by atoms with van der Waals surface area (Å²) in [5.74, 6) is -1.58. The molecule has 26 heavy (non-hydrogen) atoms. The van der Waals surface area contributed by atoms with Crippen LogP contribution in [0.2, 0.25) is 0 Å². The molecule has 1 saturated heterocycles. The van der Waals surface area contributed by atoms with Crippen molar-refractivity contribution in [1.82, 2.24) is 4.90 Å². The Morgan fingerprint density at radius 1 is 0.962 bits per heavy atom. The van der Waals surface area contributed by atoms with Gasteiger partial charge in [-0.1, -0.05) is 24.3 Å². The van der Waals surface area contributed by atoms with Crippen LogP contribution in [0.5, 0.6) is 0 Å². The number of nitrogens with one attached hydrogen (secondary N) is 1. The zero-order valence-electron chi connectivity index (χ0n) is 14.9. The Balaban J connectivity index is 1.65. The lowest BCUT2D eigenvalue weighted by molar-refractivity contribution is -0.147. The molecule has 2 aromatic rings. The molecule has 0 radical (unpaired) electrons. The predicted molar refractivity (Wildman–Crippen MR) is 99.9 cm³/mol. The van der Waals surface area contributed by atoms with Crippen LogP contribution < -0.4 is 10.2 Å². The van der Waals surface area contributed by atoms with Crippen LogP contribution in [0.4, 0.5) is 11.4 Å². The number of carbonyl (C=O) groups is 3. The minimum Gasteiger partial charge on any atom is -0.325 e. The Morgan fingerprint density at radius 2 is 1.69 bits per heavy atom. The molecule has 1 aliphatic heterocycles. The Morgan fingerprint density at radius 3 is 2.38 bits per heavy atom. The largest absolute Gasteiger partial charge is 0.325 e. The highest BCUT2D eigenvalue weighted by molar-refractivity contribution is 6.41. The number of aryl methyl sites for hydroxylation is 2. The molecule has 6 nitrogen and oxygen atoms in total. The summed E-state index contributed by atoms with van der Waals surface area (Å²) < 4.78 is 0. The zero-order valence-corrected chi connectivity index (χ0v) is 14.9.